The van der Waals surface area contributed by atoms with Gasteiger partial charge in [-0.1, -0.05) is 0 Å². The first kappa shape index (κ1) is 13.0. The van der Waals surface area contributed by atoms with Gasteiger partial charge >= 0.3 is 5.97 Å². The van der Waals surface area contributed by atoms with Crippen LogP contribution in [0.25, 0.3) is 0 Å². The van der Waals surface area contributed by atoms with Crippen LogP contribution in [0.3, 0.4) is 0 Å². The highest BCUT2D eigenvalue weighted by Gasteiger charge is 2.34. The highest BCUT2D eigenvalue weighted by atomic mass is 16.5. The number of aromatic nitrogens is 1. The second kappa shape index (κ2) is 5.30. The van der Waals surface area contributed by atoms with E-state index >= 15 is 0 Å². The van der Waals surface area contributed by atoms with Crippen LogP contribution in [0.1, 0.15) is 12.5 Å². The molecule has 1 rings (SSSR count). The van der Waals surface area contributed by atoms with E-state index in [4.69, 9.17) is 10.00 Å². The molecule has 5 nitrogen and oxygen atoms in total. The lowest BCUT2D eigenvalue weighted by Crippen LogP contribution is -2.29. The molecule has 0 aliphatic carbocycles. The molecule has 0 aliphatic heterocycles. The topological polar surface area (TPSA) is 72.2 Å². The van der Waals surface area contributed by atoms with E-state index in [1.54, 1.807) is 25.3 Å². The maximum absolute atomic E-state index is 11.5. The molecule has 0 spiro atoms. The summed E-state index contributed by atoms with van der Waals surface area (Å²) in [6, 6.07) is 5.41. The number of esters is 1. The first-order chi connectivity index (χ1) is 8.05. The quantitative estimate of drug-likeness (QED) is 0.735. The standard InChI is InChI=1S/C12H14N2O3/c1-12(8-13,11(15)17-3)7-9-4-5-14-10(6-9)16-2/h4-6H,7H2,1-3H3. The van der Waals surface area contributed by atoms with Gasteiger partial charge in [-0.15, -0.1) is 0 Å². The Bertz CT molecular complexity index is 453. The zero-order valence-corrected chi connectivity index (χ0v) is 10.1. The molecule has 5 heteroatoms. The van der Waals surface area contributed by atoms with Crippen LogP contribution in [0, 0.1) is 16.7 Å². The van der Waals surface area contributed by atoms with Gasteiger partial charge in [-0.05, 0) is 18.6 Å². The molecule has 0 saturated heterocycles. The summed E-state index contributed by atoms with van der Waals surface area (Å²) in [6.45, 7) is 1.55. The van der Waals surface area contributed by atoms with Crippen molar-refractivity contribution < 1.29 is 14.3 Å². The van der Waals surface area contributed by atoms with Crippen molar-refractivity contribution >= 4 is 5.97 Å². The number of hydrogen-bond acceptors (Lipinski definition) is 5. The Kier molecular flexibility index (Phi) is 4.05. The molecule has 1 atom stereocenters. The lowest BCUT2D eigenvalue weighted by molar-refractivity contribution is -0.148. The number of rotatable bonds is 4. The second-order valence-electron chi connectivity index (χ2n) is 3.82. The van der Waals surface area contributed by atoms with E-state index in [0.717, 1.165) is 5.56 Å². The van der Waals surface area contributed by atoms with E-state index in [1.165, 1.54) is 14.2 Å². The number of nitrogens with zero attached hydrogens (tertiary/aromatic N) is 2. The maximum Gasteiger partial charge on any atom is 0.326 e. The molecule has 0 bridgehead atoms. The van der Waals surface area contributed by atoms with E-state index < -0.39 is 11.4 Å². The minimum absolute atomic E-state index is 0.259. The predicted molar refractivity (Wildman–Crippen MR) is 60.2 cm³/mol. The van der Waals surface area contributed by atoms with Crippen molar-refractivity contribution in [2.45, 2.75) is 13.3 Å². The molecule has 1 heterocycles. The van der Waals surface area contributed by atoms with Gasteiger partial charge in [0.25, 0.3) is 0 Å². The first-order valence-electron chi connectivity index (χ1n) is 5.04. The van der Waals surface area contributed by atoms with Gasteiger partial charge in [0.15, 0.2) is 5.41 Å². The van der Waals surface area contributed by atoms with Gasteiger partial charge in [-0.2, -0.15) is 5.26 Å². The summed E-state index contributed by atoms with van der Waals surface area (Å²) >= 11 is 0. The molecule has 0 fully saturated rings. The summed E-state index contributed by atoms with van der Waals surface area (Å²) in [4.78, 5) is 15.5. The van der Waals surface area contributed by atoms with Crippen molar-refractivity contribution in [1.29, 1.82) is 5.26 Å². The molecule has 1 unspecified atom stereocenters. The summed E-state index contributed by atoms with van der Waals surface area (Å²) in [6.07, 6.45) is 1.83. The minimum Gasteiger partial charge on any atom is -0.481 e. The Balaban J connectivity index is 2.95. The van der Waals surface area contributed by atoms with Crippen LogP contribution in [-0.4, -0.2) is 25.2 Å². The smallest absolute Gasteiger partial charge is 0.326 e. The van der Waals surface area contributed by atoms with Gasteiger partial charge in [-0.3, -0.25) is 4.79 Å². The van der Waals surface area contributed by atoms with Crippen molar-refractivity contribution in [3.05, 3.63) is 23.9 Å². The SMILES string of the molecule is COC(=O)C(C)(C#N)Cc1ccnc(OC)c1. The Labute approximate surface area is 100.0 Å². The molecular formula is C12H14N2O3. The summed E-state index contributed by atoms with van der Waals surface area (Å²) < 4.78 is 9.61. The number of nitriles is 1. The fraction of sp³-hybridized carbons (Fsp3) is 0.417. The van der Waals surface area contributed by atoms with Crippen LogP contribution in [-0.2, 0) is 16.0 Å². The molecule has 0 aromatic carbocycles. The second-order valence-corrected chi connectivity index (χ2v) is 3.82. The number of pyridine rings is 1. The largest absolute Gasteiger partial charge is 0.481 e. The Morgan fingerprint density at radius 3 is 2.82 bits per heavy atom. The molecule has 1 aromatic rings. The van der Waals surface area contributed by atoms with Crippen molar-refractivity contribution in [2.24, 2.45) is 5.41 Å². The number of ether oxygens (including phenoxy) is 2. The monoisotopic (exact) mass is 234 g/mol. The van der Waals surface area contributed by atoms with Crippen LogP contribution in [0.15, 0.2) is 18.3 Å². The predicted octanol–water partition coefficient (Wildman–Crippen LogP) is 1.34. The summed E-state index contributed by atoms with van der Waals surface area (Å²) in [7, 11) is 2.78. The van der Waals surface area contributed by atoms with E-state index in [-0.39, 0.29) is 6.42 Å². The normalized spacial score (nSPS) is 13.3. The Morgan fingerprint density at radius 2 is 2.29 bits per heavy atom. The van der Waals surface area contributed by atoms with Crippen LogP contribution in [0.2, 0.25) is 0 Å². The third-order valence-corrected chi connectivity index (χ3v) is 2.45. The Morgan fingerprint density at radius 1 is 1.59 bits per heavy atom. The summed E-state index contributed by atoms with van der Waals surface area (Å²) in [5, 5.41) is 9.08. The van der Waals surface area contributed by atoms with Gasteiger partial charge in [0.05, 0.1) is 20.3 Å². The molecular weight excluding hydrogens is 220 g/mol. The number of carbonyl (C=O) groups is 1. The molecule has 17 heavy (non-hydrogen) atoms. The molecule has 0 N–H and O–H groups in total. The van der Waals surface area contributed by atoms with Gasteiger partial charge in [-0.25, -0.2) is 4.98 Å². The third-order valence-electron chi connectivity index (χ3n) is 2.45. The van der Waals surface area contributed by atoms with Crippen LogP contribution >= 0.6 is 0 Å². The third kappa shape index (κ3) is 2.94. The molecule has 0 saturated carbocycles. The molecule has 0 aliphatic rings. The maximum atomic E-state index is 11.5. The minimum atomic E-state index is -1.19. The number of hydrogen-bond donors (Lipinski definition) is 0. The van der Waals surface area contributed by atoms with Gasteiger partial charge in [0, 0.05) is 18.7 Å². The average molecular weight is 234 g/mol. The van der Waals surface area contributed by atoms with Gasteiger partial charge in [0.1, 0.15) is 0 Å². The van der Waals surface area contributed by atoms with E-state index in [0.29, 0.717) is 5.88 Å². The van der Waals surface area contributed by atoms with Gasteiger partial charge < -0.3 is 9.47 Å². The zero-order chi connectivity index (χ0) is 12.9. The molecule has 1 aromatic heterocycles. The van der Waals surface area contributed by atoms with Crippen LogP contribution < -0.4 is 4.74 Å². The van der Waals surface area contributed by atoms with E-state index in [9.17, 15) is 4.79 Å². The number of methoxy groups -OCH3 is 2. The molecule has 0 radical (unpaired) electrons. The van der Waals surface area contributed by atoms with E-state index in [1.807, 2.05) is 6.07 Å². The van der Waals surface area contributed by atoms with Crippen molar-refractivity contribution in [3.8, 4) is 11.9 Å². The van der Waals surface area contributed by atoms with Crippen molar-refractivity contribution in [2.75, 3.05) is 14.2 Å². The van der Waals surface area contributed by atoms with Crippen molar-refractivity contribution in [1.82, 2.24) is 4.98 Å². The van der Waals surface area contributed by atoms with Crippen LogP contribution in [0.5, 0.6) is 5.88 Å². The fourth-order valence-electron chi connectivity index (χ4n) is 1.46. The summed E-state index contributed by atoms with van der Waals surface area (Å²) in [5.74, 6) is -0.0940. The Hall–Kier alpha value is -2.09. The molecule has 90 valence electrons. The zero-order valence-electron chi connectivity index (χ0n) is 10.1. The first-order valence-corrected chi connectivity index (χ1v) is 5.04. The summed E-state index contributed by atoms with van der Waals surface area (Å²) in [5.41, 5.74) is -0.396. The van der Waals surface area contributed by atoms with E-state index in [2.05, 4.69) is 9.72 Å². The van der Waals surface area contributed by atoms with Gasteiger partial charge in [0.2, 0.25) is 5.88 Å². The highest BCUT2D eigenvalue weighted by molar-refractivity contribution is 5.79. The molecule has 0 amide bonds. The average Bonchev–Trinajstić information content (AvgIpc) is 2.37. The fourth-order valence-corrected chi connectivity index (χ4v) is 1.46. The highest BCUT2D eigenvalue weighted by Crippen LogP contribution is 2.24. The lowest BCUT2D eigenvalue weighted by atomic mass is 9.85. The number of carbonyl (C=O) groups excluding carboxylic acids is 1. The lowest BCUT2D eigenvalue weighted by Gasteiger charge is -2.18. The van der Waals surface area contributed by atoms with Crippen molar-refractivity contribution in [3.63, 3.8) is 0 Å². The van der Waals surface area contributed by atoms with Crippen LogP contribution in [0.4, 0.5) is 0 Å².